The summed E-state index contributed by atoms with van der Waals surface area (Å²) in [7, 11) is 2.80. The Morgan fingerprint density at radius 1 is 1.29 bits per heavy atom. The highest BCUT2D eigenvalue weighted by atomic mass is 19.1. The summed E-state index contributed by atoms with van der Waals surface area (Å²) in [4.78, 5) is 36.0. The number of rotatable bonds is 10. The van der Waals surface area contributed by atoms with E-state index >= 15 is 0 Å². The molecular weight excluding hydrogens is 457 g/mol. The van der Waals surface area contributed by atoms with Crippen LogP contribution in [0.4, 0.5) is 4.39 Å². The number of amides is 2. The minimum Gasteiger partial charge on any atom is -0.465 e. The molecule has 1 atom stereocenters. The summed E-state index contributed by atoms with van der Waals surface area (Å²) in [5.41, 5.74) is 4.70. The van der Waals surface area contributed by atoms with Gasteiger partial charge >= 0.3 is 5.97 Å². The van der Waals surface area contributed by atoms with Crippen molar-refractivity contribution in [2.45, 2.75) is 32.1 Å². The number of methoxy groups -OCH3 is 1. The largest absolute Gasteiger partial charge is 0.465 e. The molecule has 0 fully saturated rings. The standard InChI is InChI=1S/C23H28FN7O4/c1-25-22(33)20-15-30(29-28-20)10-8-19(24)14-31-13-18(7-4-9-27-31)21(32)26-12-16-5-3-6-17(11-16)23(34)35-2/h3-6,9,11,13,15,19,27H,7-8,10,12,14H2,1-2H3,(H,25,33)(H,26,32). The molecule has 35 heavy (non-hydrogen) atoms. The molecule has 2 amide bonds. The Morgan fingerprint density at radius 2 is 2.11 bits per heavy atom. The van der Waals surface area contributed by atoms with Crippen LogP contribution in [0, 0.1) is 0 Å². The average Bonchev–Trinajstić information content (AvgIpc) is 3.23. The number of nitrogens with one attached hydrogen (secondary N) is 3. The van der Waals surface area contributed by atoms with Gasteiger partial charge in [-0.3, -0.25) is 19.3 Å². The van der Waals surface area contributed by atoms with E-state index in [1.165, 1.54) is 30.0 Å². The van der Waals surface area contributed by atoms with Gasteiger partial charge in [0.1, 0.15) is 6.17 Å². The topological polar surface area (TPSA) is 130 Å². The van der Waals surface area contributed by atoms with Gasteiger partial charge in [0.25, 0.3) is 5.91 Å². The molecule has 0 aliphatic carbocycles. The molecule has 1 unspecified atom stereocenters. The predicted octanol–water partition coefficient (Wildman–Crippen LogP) is 1.08. The van der Waals surface area contributed by atoms with Crippen molar-refractivity contribution in [1.82, 2.24) is 36.1 Å². The maximum absolute atomic E-state index is 14.7. The number of esters is 1. The van der Waals surface area contributed by atoms with E-state index in [0.29, 0.717) is 17.6 Å². The van der Waals surface area contributed by atoms with Gasteiger partial charge < -0.3 is 20.8 Å². The van der Waals surface area contributed by atoms with Crippen LogP contribution in [0.15, 0.2) is 54.5 Å². The first-order valence-corrected chi connectivity index (χ1v) is 11.0. The van der Waals surface area contributed by atoms with Crippen LogP contribution in [0.25, 0.3) is 0 Å². The van der Waals surface area contributed by atoms with E-state index in [1.54, 1.807) is 42.7 Å². The third-order valence-electron chi connectivity index (χ3n) is 5.17. The summed E-state index contributed by atoms with van der Waals surface area (Å²) in [5.74, 6) is -1.11. The number of nitrogens with zero attached hydrogens (tertiary/aromatic N) is 4. The second-order valence-corrected chi connectivity index (χ2v) is 7.75. The first kappa shape index (κ1) is 25.4. The fourth-order valence-corrected chi connectivity index (χ4v) is 3.31. The Balaban J connectivity index is 1.53. The second-order valence-electron chi connectivity index (χ2n) is 7.75. The zero-order valence-electron chi connectivity index (χ0n) is 19.5. The lowest BCUT2D eigenvalue weighted by Crippen LogP contribution is -2.35. The number of aromatic nitrogens is 3. The van der Waals surface area contributed by atoms with Crippen LogP contribution in [0.5, 0.6) is 0 Å². The van der Waals surface area contributed by atoms with E-state index < -0.39 is 12.1 Å². The highest BCUT2D eigenvalue weighted by Gasteiger charge is 2.17. The van der Waals surface area contributed by atoms with Crippen molar-refractivity contribution < 1.29 is 23.5 Å². The second kappa shape index (κ2) is 12.3. The number of hydrogen-bond acceptors (Lipinski definition) is 8. The minimum absolute atomic E-state index is 0.000699. The van der Waals surface area contributed by atoms with Gasteiger partial charge in [-0.15, -0.1) is 5.10 Å². The van der Waals surface area contributed by atoms with Gasteiger partial charge in [-0.25, -0.2) is 9.18 Å². The van der Waals surface area contributed by atoms with Crippen molar-refractivity contribution in [2.75, 3.05) is 20.7 Å². The van der Waals surface area contributed by atoms with Gasteiger partial charge in [-0.05, 0) is 24.1 Å². The third kappa shape index (κ3) is 7.39. The van der Waals surface area contributed by atoms with Crippen LogP contribution in [0.1, 0.15) is 39.3 Å². The van der Waals surface area contributed by atoms with Gasteiger partial charge in [-0.2, -0.15) is 0 Å². The molecule has 1 aliphatic heterocycles. The van der Waals surface area contributed by atoms with Gasteiger partial charge in [0, 0.05) is 44.5 Å². The molecule has 12 heteroatoms. The molecule has 0 radical (unpaired) electrons. The van der Waals surface area contributed by atoms with Gasteiger partial charge in [-0.1, -0.05) is 23.4 Å². The molecule has 11 nitrogen and oxygen atoms in total. The molecule has 2 aromatic rings. The first-order chi connectivity index (χ1) is 16.9. The Hall–Kier alpha value is -4.22. The third-order valence-corrected chi connectivity index (χ3v) is 5.17. The van der Waals surface area contributed by atoms with Gasteiger partial charge in [0.15, 0.2) is 5.69 Å². The van der Waals surface area contributed by atoms with E-state index in [0.717, 1.165) is 5.56 Å². The molecule has 0 saturated heterocycles. The monoisotopic (exact) mass is 485 g/mol. The summed E-state index contributed by atoms with van der Waals surface area (Å²) >= 11 is 0. The minimum atomic E-state index is -1.23. The number of benzene rings is 1. The van der Waals surface area contributed by atoms with E-state index in [-0.39, 0.29) is 43.6 Å². The average molecular weight is 486 g/mol. The normalized spacial score (nSPS) is 13.8. The van der Waals surface area contributed by atoms with E-state index in [2.05, 4.69) is 26.4 Å². The fraction of sp³-hybridized carbons (Fsp3) is 0.348. The molecule has 1 aromatic carbocycles. The lowest BCUT2D eigenvalue weighted by atomic mass is 10.1. The first-order valence-electron chi connectivity index (χ1n) is 11.0. The lowest BCUT2D eigenvalue weighted by Gasteiger charge is -2.22. The lowest BCUT2D eigenvalue weighted by molar-refractivity contribution is -0.117. The van der Waals surface area contributed by atoms with Crippen molar-refractivity contribution in [3.63, 3.8) is 0 Å². The van der Waals surface area contributed by atoms with Crippen molar-refractivity contribution in [3.8, 4) is 0 Å². The van der Waals surface area contributed by atoms with Crippen molar-refractivity contribution in [3.05, 3.63) is 71.3 Å². The van der Waals surface area contributed by atoms with E-state index in [1.807, 2.05) is 0 Å². The summed E-state index contributed by atoms with van der Waals surface area (Å²) in [6.07, 6.45) is 5.74. The molecule has 186 valence electrons. The highest BCUT2D eigenvalue weighted by molar-refractivity contribution is 5.93. The van der Waals surface area contributed by atoms with E-state index in [4.69, 9.17) is 4.74 Å². The summed E-state index contributed by atoms with van der Waals surface area (Å²) in [6, 6.07) is 6.80. The smallest absolute Gasteiger partial charge is 0.337 e. The molecule has 3 N–H and O–H groups in total. The Morgan fingerprint density at radius 3 is 2.89 bits per heavy atom. The van der Waals surface area contributed by atoms with E-state index in [9.17, 15) is 18.8 Å². The number of carbonyl (C=O) groups excluding carboxylic acids is 3. The maximum atomic E-state index is 14.7. The molecule has 3 rings (SSSR count). The molecule has 0 bridgehead atoms. The number of hydrogen-bond donors (Lipinski definition) is 3. The Kier molecular flexibility index (Phi) is 8.93. The number of hydrazine groups is 1. The number of aryl methyl sites for hydroxylation is 1. The van der Waals surface area contributed by atoms with Crippen LogP contribution in [0.2, 0.25) is 0 Å². The van der Waals surface area contributed by atoms with Crippen LogP contribution < -0.4 is 16.1 Å². The number of allylic oxidation sites excluding steroid dienone is 1. The van der Waals surface area contributed by atoms with Crippen molar-refractivity contribution >= 4 is 17.8 Å². The summed E-state index contributed by atoms with van der Waals surface area (Å²) in [5, 5.41) is 14.4. The molecule has 0 spiro atoms. The number of halogens is 1. The number of ether oxygens (including phenoxy) is 1. The summed E-state index contributed by atoms with van der Waals surface area (Å²) < 4.78 is 20.8. The molecule has 1 aliphatic rings. The van der Waals surface area contributed by atoms with Crippen molar-refractivity contribution in [1.29, 1.82) is 0 Å². The Labute approximate surface area is 202 Å². The SMILES string of the molecule is CNC(=O)c1cn(CCC(F)CN2C=C(C(=O)NCc3cccc(C(=O)OC)c3)CC=CN2)nn1. The molecule has 0 saturated carbocycles. The highest BCUT2D eigenvalue weighted by Crippen LogP contribution is 2.12. The molecule has 2 heterocycles. The van der Waals surface area contributed by atoms with Gasteiger partial charge in [0.05, 0.1) is 25.4 Å². The van der Waals surface area contributed by atoms with Crippen LogP contribution in [0.3, 0.4) is 0 Å². The Bertz CT molecular complexity index is 1110. The van der Waals surface area contributed by atoms with Crippen molar-refractivity contribution in [2.24, 2.45) is 0 Å². The fourth-order valence-electron chi connectivity index (χ4n) is 3.31. The zero-order valence-corrected chi connectivity index (χ0v) is 19.5. The number of alkyl halides is 1. The van der Waals surface area contributed by atoms with Gasteiger partial charge in [0.2, 0.25) is 5.91 Å². The van der Waals surface area contributed by atoms with Crippen LogP contribution >= 0.6 is 0 Å². The number of carbonyl (C=O) groups is 3. The van der Waals surface area contributed by atoms with Crippen LogP contribution in [-0.2, 0) is 22.6 Å². The molecule has 1 aromatic heterocycles. The quantitative estimate of drug-likeness (QED) is 0.426. The van der Waals surface area contributed by atoms with Crippen LogP contribution in [-0.4, -0.2) is 64.7 Å². The zero-order chi connectivity index (χ0) is 25.2. The maximum Gasteiger partial charge on any atom is 0.337 e. The molecular formula is C23H28FN7O4. The summed E-state index contributed by atoms with van der Waals surface area (Å²) in [6.45, 7) is 0.468. The predicted molar refractivity (Wildman–Crippen MR) is 124 cm³/mol.